The largest absolute Gasteiger partial charge is 0.494 e. The molecule has 1 aromatic carbocycles. The van der Waals surface area contributed by atoms with Crippen LogP contribution in [0.25, 0.3) is 10.2 Å². The molecule has 1 N–H and O–H groups in total. The van der Waals surface area contributed by atoms with Gasteiger partial charge in [-0.15, -0.1) is 0 Å². The average molecular weight is 322 g/mol. The Hall–Kier alpha value is -0.940. The minimum atomic E-state index is 0.411. The van der Waals surface area contributed by atoms with Crippen LogP contribution in [-0.4, -0.2) is 29.1 Å². The van der Waals surface area contributed by atoms with Gasteiger partial charge in [-0.1, -0.05) is 24.2 Å². The minimum Gasteiger partial charge on any atom is -0.494 e. The first-order valence-corrected chi connectivity index (χ1v) is 9.61. The number of aromatic nitrogens is 1. The second-order valence-electron chi connectivity index (χ2n) is 5.53. The highest BCUT2D eigenvalue weighted by molar-refractivity contribution is 8.00. The van der Waals surface area contributed by atoms with Gasteiger partial charge in [0.2, 0.25) is 0 Å². The topological polar surface area (TPSA) is 34.1 Å². The van der Waals surface area contributed by atoms with Crippen molar-refractivity contribution in [3.8, 4) is 5.75 Å². The third-order valence-corrected chi connectivity index (χ3v) is 6.57. The fourth-order valence-electron chi connectivity index (χ4n) is 2.95. The highest BCUT2D eigenvalue weighted by atomic mass is 32.2. The lowest BCUT2D eigenvalue weighted by molar-refractivity contribution is 0.341. The number of fused-ring (bicyclic) bond motifs is 1. The molecule has 5 heteroatoms. The number of hydrogen-bond acceptors (Lipinski definition) is 5. The van der Waals surface area contributed by atoms with Crippen molar-refractivity contribution in [1.82, 2.24) is 4.98 Å². The first-order valence-electron chi connectivity index (χ1n) is 7.57. The van der Waals surface area contributed by atoms with Gasteiger partial charge in [0.15, 0.2) is 5.13 Å². The van der Waals surface area contributed by atoms with Gasteiger partial charge in [-0.3, -0.25) is 0 Å². The van der Waals surface area contributed by atoms with Gasteiger partial charge in [-0.05, 0) is 44.2 Å². The van der Waals surface area contributed by atoms with E-state index >= 15 is 0 Å². The van der Waals surface area contributed by atoms with Gasteiger partial charge < -0.3 is 10.1 Å². The standard InChI is InChI=1S/C16H22N2OS2/c1-3-19-12-6-7-13-14(10-12)21-15(18-13)17-11-16(20-2)8-4-5-9-16/h6-7,10H,3-5,8-9,11H2,1-2H3,(H,17,18). The van der Waals surface area contributed by atoms with E-state index in [0.29, 0.717) is 11.4 Å². The van der Waals surface area contributed by atoms with E-state index in [1.54, 1.807) is 11.3 Å². The molecular weight excluding hydrogens is 300 g/mol. The molecular formula is C16H22N2OS2. The Morgan fingerprint density at radius 1 is 1.38 bits per heavy atom. The van der Waals surface area contributed by atoms with Crippen LogP contribution in [0.4, 0.5) is 5.13 Å². The van der Waals surface area contributed by atoms with Crippen molar-refractivity contribution in [2.45, 2.75) is 37.4 Å². The van der Waals surface area contributed by atoms with E-state index in [1.807, 2.05) is 30.8 Å². The SMILES string of the molecule is CCOc1ccc2nc(NCC3(SC)CCCC3)sc2c1. The van der Waals surface area contributed by atoms with Gasteiger partial charge in [-0.25, -0.2) is 4.98 Å². The van der Waals surface area contributed by atoms with Crippen molar-refractivity contribution in [2.75, 3.05) is 24.7 Å². The van der Waals surface area contributed by atoms with Crippen LogP contribution in [-0.2, 0) is 0 Å². The molecule has 0 bridgehead atoms. The zero-order valence-electron chi connectivity index (χ0n) is 12.6. The second kappa shape index (κ2) is 6.44. The first kappa shape index (κ1) is 15.0. The van der Waals surface area contributed by atoms with Crippen LogP contribution in [0.15, 0.2) is 18.2 Å². The van der Waals surface area contributed by atoms with E-state index in [-0.39, 0.29) is 0 Å². The van der Waals surface area contributed by atoms with Crippen LogP contribution in [0.1, 0.15) is 32.6 Å². The molecule has 3 rings (SSSR count). The number of benzene rings is 1. The summed E-state index contributed by atoms with van der Waals surface area (Å²) in [4.78, 5) is 4.68. The normalized spacial score (nSPS) is 17.2. The summed E-state index contributed by atoms with van der Waals surface area (Å²) in [5, 5.41) is 4.59. The Labute approximate surface area is 134 Å². The fraction of sp³-hybridized carbons (Fsp3) is 0.562. The monoisotopic (exact) mass is 322 g/mol. The van der Waals surface area contributed by atoms with Crippen molar-refractivity contribution in [3.63, 3.8) is 0 Å². The average Bonchev–Trinajstić information content (AvgIpc) is 3.12. The highest BCUT2D eigenvalue weighted by Crippen LogP contribution is 2.40. The van der Waals surface area contributed by atoms with Crippen molar-refractivity contribution in [2.24, 2.45) is 0 Å². The lowest BCUT2D eigenvalue weighted by Crippen LogP contribution is -2.29. The molecule has 114 valence electrons. The summed E-state index contributed by atoms with van der Waals surface area (Å²) in [6.45, 7) is 3.73. The Bertz CT molecular complexity index is 605. The molecule has 1 fully saturated rings. The third kappa shape index (κ3) is 3.29. The number of nitrogens with one attached hydrogen (secondary N) is 1. The summed E-state index contributed by atoms with van der Waals surface area (Å²) in [6, 6.07) is 6.12. The maximum atomic E-state index is 5.55. The van der Waals surface area contributed by atoms with Gasteiger partial charge in [-0.2, -0.15) is 11.8 Å². The molecule has 0 radical (unpaired) electrons. The van der Waals surface area contributed by atoms with Crippen LogP contribution < -0.4 is 10.1 Å². The quantitative estimate of drug-likeness (QED) is 0.829. The van der Waals surface area contributed by atoms with Crippen LogP contribution in [0.5, 0.6) is 5.75 Å². The molecule has 0 spiro atoms. The fourth-order valence-corrected chi connectivity index (χ4v) is 4.75. The molecule has 1 aliphatic rings. The maximum absolute atomic E-state index is 5.55. The Morgan fingerprint density at radius 2 is 2.19 bits per heavy atom. The number of ether oxygens (including phenoxy) is 1. The highest BCUT2D eigenvalue weighted by Gasteiger charge is 2.32. The van der Waals surface area contributed by atoms with E-state index in [4.69, 9.17) is 4.74 Å². The smallest absolute Gasteiger partial charge is 0.183 e. The maximum Gasteiger partial charge on any atom is 0.183 e. The summed E-state index contributed by atoms with van der Waals surface area (Å²) in [6.07, 6.45) is 7.60. The lowest BCUT2D eigenvalue weighted by Gasteiger charge is -2.26. The van der Waals surface area contributed by atoms with Gasteiger partial charge in [0.25, 0.3) is 0 Å². The zero-order chi connectivity index (χ0) is 14.7. The molecule has 3 nitrogen and oxygen atoms in total. The van der Waals surface area contributed by atoms with E-state index in [1.165, 1.54) is 30.4 Å². The third-order valence-electron chi connectivity index (χ3n) is 4.18. The van der Waals surface area contributed by atoms with Crippen molar-refractivity contribution >= 4 is 38.4 Å². The summed E-state index contributed by atoms with van der Waals surface area (Å²) in [5.41, 5.74) is 1.05. The molecule has 1 aromatic heterocycles. The van der Waals surface area contributed by atoms with Gasteiger partial charge in [0.05, 0.1) is 16.8 Å². The van der Waals surface area contributed by atoms with E-state index in [9.17, 15) is 0 Å². The number of thioether (sulfide) groups is 1. The van der Waals surface area contributed by atoms with Gasteiger partial charge >= 0.3 is 0 Å². The first-order chi connectivity index (χ1) is 10.2. The molecule has 0 aliphatic heterocycles. The number of nitrogens with zero attached hydrogens (tertiary/aromatic N) is 1. The number of rotatable bonds is 6. The van der Waals surface area contributed by atoms with Gasteiger partial charge in [0, 0.05) is 11.3 Å². The van der Waals surface area contributed by atoms with E-state index < -0.39 is 0 Å². The number of hydrogen-bond donors (Lipinski definition) is 1. The molecule has 0 amide bonds. The molecule has 2 aromatic rings. The molecule has 21 heavy (non-hydrogen) atoms. The summed E-state index contributed by atoms with van der Waals surface area (Å²) >= 11 is 3.73. The lowest BCUT2D eigenvalue weighted by atomic mass is 10.1. The number of anilines is 1. The molecule has 1 heterocycles. The van der Waals surface area contributed by atoms with Crippen LogP contribution in [0, 0.1) is 0 Å². The zero-order valence-corrected chi connectivity index (χ0v) is 14.3. The number of thiazole rings is 1. The second-order valence-corrected chi connectivity index (χ2v) is 7.83. The minimum absolute atomic E-state index is 0.411. The Morgan fingerprint density at radius 3 is 2.90 bits per heavy atom. The predicted molar refractivity (Wildman–Crippen MR) is 94.0 cm³/mol. The van der Waals surface area contributed by atoms with E-state index in [2.05, 4.69) is 22.6 Å². The summed E-state index contributed by atoms with van der Waals surface area (Å²) in [7, 11) is 0. The van der Waals surface area contributed by atoms with Crippen molar-refractivity contribution in [3.05, 3.63) is 18.2 Å². The summed E-state index contributed by atoms with van der Waals surface area (Å²) in [5.74, 6) is 0.927. The van der Waals surface area contributed by atoms with Crippen molar-refractivity contribution in [1.29, 1.82) is 0 Å². The Balaban J connectivity index is 1.72. The van der Waals surface area contributed by atoms with Crippen molar-refractivity contribution < 1.29 is 4.74 Å². The molecule has 1 aliphatic carbocycles. The molecule has 0 atom stereocenters. The summed E-state index contributed by atoms with van der Waals surface area (Å²) < 4.78 is 7.15. The van der Waals surface area contributed by atoms with Crippen LogP contribution in [0.3, 0.4) is 0 Å². The van der Waals surface area contributed by atoms with Gasteiger partial charge in [0.1, 0.15) is 5.75 Å². The molecule has 0 saturated heterocycles. The molecule has 1 saturated carbocycles. The molecule has 0 unspecified atom stereocenters. The van der Waals surface area contributed by atoms with E-state index in [0.717, 1.165) is 22.9 Å². The Kier molecular flexibility index (Phi) is 4.60. The van der Waals surface area contributed by atoms with Crippen LogP contribution >= 0.6 is 23.1 Å². The van der Waals surface area contributed by atoms with Crippen LogP contribution in [0.2, 0.25) is 0 Å². The predicted octanol–water partition coefficient (Wildman–Crippen LogP) is 4.78.